The van der Waals surface area contributed by atoms with Crippen molar-refractivity contribution < 1.29 is 0 Å². The van der Waals surface area contributed by atoms with Gasteiger partial charge in [0, 0.05) is 11.4 Å². The van der Waals surface area contributed by atoms with E-state index >= 15 is 0 Å². The predicted octanol–water partition coefficient (Wildman–Crippen LogP) is 4.71. The normalized spacial score (nSPS) is 29.5. The van der Waals surface area contributed by atoms with Gasteiger partial charge in [0.2, 0.25) is 0 Å². The van der Waals surface area contributed by atoms with Crippen molar-refractivity contribution in [3.8, 4) is 0 Å². The molecule has 2 nitrogen and oxygen atoms in total. The van der Waals surface area contributed by atoms with Gasteiger partial charge in [0.1, 0.15) is 0 Å². The standard InChI is InChI=1S/C17H24N2S/c1-3-14-7-4-8-15(10-14)18-16-19-17(12-20-16)9-5-6-13(2)11-17/h4,7-8,10,13H,3,5-6,9,11-12H2,1-2H3,(H,18,19). The molecule has 1 aliphatic heterocycles. The fourth-order valence-electron chi connectivity index (χ4n) is 3.40. The van der Waals surface area contributed by atoms with Gasteiger partial charge in [-0.2, -0.15) is 0 Å². The minimum Gasteiger partial charge on any atom is -0.335 e. The Hall–Kier alpha value is -0.960. The molecule has 1 saturated carbocycles. The number of nitrogens with one attached hydrogen (secondary N) is 1. The summed E-state index contributed by atoms with van der Waals surface area (Å²) in [7, 11) is 0. The Morgan fingerprint density at radius 1 is 1.45 bits per heavy atom. The van der Waals surface area contributed by atoms with Crippen LogP contribution in [0.15, 0.2) is 29.3 Å². The number of anilines is 1. The summed E-state index contributed by atoms with van der Waals surface area (Å²) < 4.78 is 0. The number of aryl methyl sites for hydroxylation is 1. The van der Waals surface area contributed by atoms with Crippen LogP contribution in [0.2, 0.25) is 0 Å². The summed E-state index contributed by atoms with van der Waals surface area (Å²) in [6, 6.07) is 8.67. The molecule has 20 heavy (non-hydrogen) atoms. The van der Waals surface area contributed by atoms with Gasteiger partial charge in [0.15, 0.2) is 5.17 Å². The first-order valence-electron chi connectivity index (χ1n) is 7.78. The van der Waals surface area contributed by atoms with Gasteiger partial charge in [0.25, 0.3) is 0 Å². The van der Waals surface area contributed by atoms with E-state index in [2.05, 4.69) is 43.4 Å². The van der Waals surface area contributed by atoms with Crippen molar-refractivity contribution in [2.24, 2.45) is 10.9 Å². The van der Waals surface area contributed by atoms with E-state index in [1.807, 2.05) is 11.8 Å². The van der Waals surface area contributed by atoms with Gasteiger partial charge in [0.05, 0.1) is 5.54 Å². The molecule has 1 spiro atoms. The third-order valence-corrected chi connectivity index (χ3v) is 5.62. The summed E-state index contributed by atoms with van der Waals surface area (Å²) in [4.78, 5) is 5.05. The van der Waals surface area contributed by atoms with Crippen molar-refractivity contribution in [2.75, 3.05) is 11.1 Å². The second kappa shape index (κ2) is 5.80. The van der Waals surface area contributed by atoms with Crippen LogP contribution in [0.4, 0.5) is 5.69 Å². The highest BCUT2D eigenvalue weighted by Crippen LogP contribution is 2.42. The van der Waals surface area contributed by atoms with Crippen LogP contribution in [0.25, 0.3) is 0 Å². The molecule has 3 rings (SSSR count). The Kier molecular flexibility index (Phi) is 4.06. The molecule has 2 aliphatic rings. The van der Waals surface area contributed by atoms with Crippen molar-refractivity contribution in [1.29, 1.82) is 0 Å². The van der Waals surface area contributed by atoms with Gasteiger partial charge in [-0.05, 0) is 42.9 Å². The Balaban J connectivity index is 1.72. The summed E-state index contributed by atoms with van der Waals surface area (Å²) in [5.41, 5.74) is 2.78. The fourth-order valence-corrected chi connectivity index (χ4v) is 4.58. The van der Waals surface area contributed by atoms with E-state index in [1.165, 1.54) is 36.9 Å². The maximum atomic E-state index is 5.05. The molecule has 2 unspecified atom stereocenters. The number of nitrogens with zero attached hydrogens (tertiary/aromatic N) is 1. The van der Waals surface area contributed by atoms with Crippen LogP contribution in [0.5, 0.6) is 0 Å². The van der Waals surface area contributed by atoms with Gasteiger partial charge < -0.3 is 5.32 Å². The first-order chi connectivity index (χ1) is 9.69. The molecule has 0 amide bonds. The zero-order valence-corrected chi connectivity index (χ0v) is 13.3. The molecular formula is C17H24N2S. The highest BCUT2D eigenvalue weighted by molar-refractivity contribution is 8.14. The lowest BCUT2D eigenvalue weighted by Gasteiger charge is -2.33. The summed E-state index contributed by atoms with van der Waals surface area (Å²) in [5.74, 6) is 1.99. The Bertz CT molecular complexity index is 511. The van der Waals surface area contributed by atoms with Crippen LogP contribution in [-0.2, 0) is 6.42 Å². The number of rotatable bonds is 2. The minimum absolute atomic E-state index is 0.229. The Morgan fingerprint density at radius 3 is 3.15 bits per heavy atom. The first-order valence-corrected chi connectivity index (χ1v) is 8.76. The highest BCUT2D eigenvalue weighted by atomic mass is 32.2. The second-order valence-electron chi connectivity index (χ2n) is 6.31. The van der Waals surface area contributed by atoms with Crippen LogP contribution in [0, 0.1) is 5.92 Å². The molecule has 108 valence electrons. The van der Waals surface area contributed by atoms with Gasteiger partial charge in [-0.15, -0.1) is 0 Å². The zero-order valence-electron chi connectivity index (χ0n) is 12.5. The van der Waals surface area contributed by atoms with E-state index in [9.17, 15) is 0 Å². The second-order valence-corrected chi connectivity index (χ2v) is 7.27. The van der Waals surface area contributed by atoms with E-state index in [4.69, 9.17) is 4.99 Å². The smallest absolute Gasteiger partial charge is 0.161 e. The van der Waals surface area contributed by atoms with E-state index in [0.717, 1.165) is 23.3 Å². The molecule has 1 aromatic carbocycles. The third kappa shape index (κ3) is 3.03. The Labute approximate surface area is 126 Å². The molecule has 0 radical (unpaired) electrons. The molecule has 3 heteroatoms. The molecule has 1 aliphatic carbocycles. The molecular weight excluding hydrogens is 264 g/mol. The van der Waals surface area contributed by atoms with E-state index in [-0.39, 0.29) is 5.54 Å². The van der Waals surface area contributed by atoms with Gasteiger partial charge in [-0.3, -0.25) is 4.99 Å². The van der Waals surface area contributed by atoms with Crippen molar-refractivity contribution >= 4 is 22.6 Å². The van der Waals surface area contributed by atoms with Crippen LogP contribution in [0.3, 0.4) is 0 Å². The van der Waals surface area contributed by atoms with Crippen LogP contribution >= 0.6 is 11.8 Å². The van der Waals surface area contributed by atoms with Crippen molar-refractivity contribution in [1.82, 2.24) is 0 Å². The maximum absolute atomic E-state index is 5.05. The number of aliphatic imine (C=N–C) groups is 1. The number of thioether (sulfide) groups is 1. The van der Waals surface area contributed by atoms with Gasteiger partial charge in [-0.1, -0.05) is 50.6 Å². The van der Waals surface area contributed by atoms with Crippen molar-refractivity contribution in [3.05, 3.63) is 29.8 Å². The zero-order chi connectivity index (χ0) is 14.0. The molecule has 1 N–H and O–H groups in total. The van der Waals surface area contributed by atoms with E-state index < -0.39 is 0 Å². The third-order valence-electron chi connectivity index (χ3n) is 4.47. The summed E-state index contributed by atoms with van der Waals surface area (Å²) in [6.07, 6.45) is 6.33. The van der Waals surface area contributed by atoms with Crippen LogP contribution in [-0.4, -0.2) is 16.5 Å². The first kappa shape index (κ1) is 14.0. The van der Waals surface area contributed by atoms with E-state index in [1.54, 1.807) is 0 Å². The number of hydrogen-bond donors (Lipinski definition) is 1. The number of hydrogen-bond acceptors (Lipinski definition) is 3. The molecule has 2 atom stereocenters. The molecule has 1 fully saturated rings. The largest absolute Gasteiger partial charge is 0.335 e. The van der Waals surface area contributed by atoms with Crippen molar-refractivity contribution in [3.63, 3.8) is 0 Å². The monoisotopic (exact) mass is 288 g/mol. The van der Waals surface area contributed by atoms with Crippen LogP contribution < -0.4 is 5.32 Å². The summed E-state index contributed by atoms with van der Waals surface area (Å²) in [5, 5.41) is 4.63. The van der Waals surface area contributed by atoms with Gasteiger partial charge >= 0.3 is 0 Å². The molecule has 0 saturated heterocycles. The molecule has 0 aromatic heterocycles. The molecule has 1 aromatic rings. The van der Waals surface area contributed by atoms with E-state index in [0.29, 0.717) is 0 Å². The van der Waals surface area contributed by atoms with Crippen molar-refractivity contribution in [2.45, 2.75) is 51.5 Å². The SMILES string of the molecule is CCc1cccc(NC2=NC3(CCCC(C)C3)CS2)c1. The molecule has 0 bridgehead atoms. The average Bonchev–Trinajstić information content (AvgIpc) is 2.81. The minimum atomic E-state index is 0.229. The fraction of sp³-hybridized carbons (Fsp3) is 0.588. The Morgan fingerprint density at radius 2 is 2.35 bits per heavy atom. The average molecular weight is 288 g/mol. The van der Waals surface area contributed by atoms with Gasteiger partial charge in [-0.25, -0.2) is 0 Å². The number of amidine groups is 1. The maximum Gasteiger partial charge on any atom is 0.161 e. The lowest BCUT2D eigenvalue weighted by molar-refractivity contribution is 0.266. The quantitative estimate of drug-likeness (QED) is 0.852. The topological polar surface area (TPSA) is 24.4 Å². The lowest BCUT2D eigenvalue weighted by atomic mass is 9.78. The number of benzene rings is 1. The highest BCUT2D eigenvalue weighted by Gasteiger charge is 2.39. The molecule has 1 heterocycles. The van der Waals surface area contributed by atoms with Crippen LogP contribution in [0.1, 0.15) is 45.1 Å². The summed E-state index contributed by atoms with van der Waals surface area (Å²) in [6.45, 7) is 4.57. The lowest BCUT2D eigenvalue weighted by Crippen LogP contribution is -2.33. The summed E-state index contributed by atoms with van der Waals surface area (Å²) >= 11 is 1.90. The predicted molar refractivity (Wildman–Crippen MR) is 89.7 cm³/mol.